The fourth-order valence-electron chi connectivity index (χ4n) is 4.61. The highest BCUT2D eigenvalue weighted by Gasteiger charge is 2.34. The Labute approximate surface area is 205 Å². The van der Waals surface area contributed by atoms with Gasteiger partial charge in [0.2, 0.25) is 10.0 Å². The van der Waals surface area contributed by atoms with Gasteiger partial charge in [-0.2, -0.15) is 4.31 Å². The van der Waals surface area contributed by atoms with Gasteiger partial charge in [-0.05, 0) is 80.6 Å². The zero-order valence-corrected chi connectivity index (χ0v) is 21.6. The standard InChI is InChI=1S/C26H31N3O5S/c1-17-18(2)20(4)25(21(5)19(17)3)35(32,33)29-14-12-27(13-15-29)26(31)23-10-9-22(34-23)16-28-11-7-6-8-24(28)30/h6-11H,12-16H2,1-5H3. The van der Waals surface area contributed by atoms with Gasteiger partial charge in [0, 0.05) is 38.4 Å². The van der Waals surface area contributed by atoms with Crippen LogP contribution >= 0.6 is 0 Å². The Balaban J connectivity index is 1.47. The Morgan fingerprint density at radius 3 is 2.06 bits per heavy atom. The zero-order chi connectivity index (χ0) is 25.5. The van der Waals surface area contributed by atoms with Crippen LogP contribution in [0.1, 0.15) is 44.1 Å². The number of hydrogen-bond donors (Lipinski definition) is 0. The summed E-state index contributed by atoms with van der Waals surface area (Å²) < 4.78 is 35.8. The molecule has 4 rings (SSSR count). The first-order valence-electron chi connectivity index (χ1n) is 11.6. The smallest absolute Gasteiger partial charge is 0.289 e. The van der Waals surface area contributed by atoms with Gasteiger partial charge in [-0.1, -0.05) is 6.07 Å². The van der Waals surface area contributed by atoms with E-state index in [2.05, 4.69) is 0 Å². The molecule has 3 heterocycles. The molecule has 0 N–H and O–H groups in total. The number of benzene rings is 1. The van der Waals surface area contributed by atoms with Crippen LogP contribution in [0.25, 0.3) is 0 Å². The maximum Gasteiger partial charge on any atom is 0.289 e. The van der Waals surface area contributed by atoms with Crippen LogP contribution in [-0.4, -0.2) is 54.3 Å². The minimum absolute atomic E-state index is 0.154. The lowest BCUT2D eigenvalue weighted by molar-refractivity contribution is 0.0664. The number of hydrogen-bond acceptors (Lipinski definition) is 5. The van der Waals surface area contributed by atoms with Gasteiger partial charge in [0.05, 0.1) is 11.4 Å². The van der Waals surface area contributed by atoms with Crippen LogP contribution in [0.5, 0.6) is 0 Å². The SMILES string of the molecule is Cc1c(C)c(C)c(S(=O)(=O)N2CCN(C(=O)c3ccc(Cn4ccccc4=O)o3)CC2)c(C)c1C. The predicted octanol–water partition coefficient (Wildman–Crippen LogP) is 3.18. The molecule has 0 unspecified atom stereocenters. The summed E-state index contributed by atoms with van der Waals surface area (Å²) in [5.74, 6) is 0.388. The van der Waals surface area contributed by atoms with Crippen molar-refractivity contribution >= 4 is 15.9 Å². The van der Waals surface area contributed by atoms with Crippen LogP contribution in [0.2, 0.25) is 0 Å². The minimum atomic E-state index is -3.69. The molecule has 2 aromatic heterocycles. The Morgan fingerprint density at radius 1 is 0.857 bits per heavy atom. The summed E-state index contributed by atoms with van der Waals surface area (Å²) >= 11 is 0. The van der Waals surface area contributed by atoms with Gasteiger partial charge >= 0.3 is 0 Å². The fourth-order valence-corrected chi connectivity index (χ4v) is 6.59. The molecule has 0 aliphatic carbocycles. The molecule has 0 bridgehead atoms. The van der Waals surface area contributed by atoms with Crippen LogP contribution in [0.3, 0.4) is 0 Å². The van der Waals surface area contributed by atoms with Gasteiger partial charge < -0.3 is 13.9 Å². The number of aromatic nitrogens is 1. The summed E-state index contributed by atoms with van der Waals surface area (Å²) in [7, 11) is -3.69. The van der Waals surface area contributed by atoms with E-state index >= 15 is 0 Å². The number of carbonyl (C=O) groups excluding carboxylic acids is 1. The summed E-state index contributed by atoms with van der Waals surface area (Å²) in [6.45, 7) is 10.9. The third-order valence-electron chi connectivity index (χ3n) is 7.15. The van der Waals surface area contributed by atoms with E-state index in [-0.39, 0.29) is 50.0 Å². The van der Waals surface area contributed by atoms with Crippen LogP contribution < -0.4 is 5.56 Å². The van der Waals surface area contributed by atoms with E-state index in [1.807, 2.05) is 34.6 Å². The predicted molar refractivity (Wildman–Crippen MR) is 133 cm³/mol. The number of rotatable bonds is 5. The number of piperazine rings is 1. The van der Waals surface area contributed by atoms with Crippen LogP contribution in [-0.2, 0) is 16.6 Å². The number of pyridine rings is 1. The van der Waals surface area contributed by atoms with Gasteiger partial charge in [0.15, 0.2) is 5.76 Å². The second-order valence-corrected chi connectivity index (χ2v) is 11.0. The summed E-state index contributed by atoms with van der Waals surface area (Å²) in [5.41, 5.74) is 4.51. The third kappa shape index (κ3) is 4.58. The Kier molecular flexibility index (Phi) is 6.75. The normalized spacial score (nSPS) is 14.9. The highest BCUT2D eigenvalue weighted by Crippen LogP contribution is 2.32. The monoisotopic (exact) mass is 497 g/mol. The maximum absolute atomic E-state index is 13.6. The summed E-state index contributed by atoms with van der Waals surface area (Å²) in [4.78, 5) is 26.9. The van der Waals surface area contributed by atoms with Crippen LogP contribution in [0.4, 0.5) is 0 Å². The third-order valence-corrected chi connectivity index (χ3v) is 9.33. The highest BCUT2D eigenvalue weighted by atomic mass is 32.2. The molecule has 0 radical (unpaired) electrons. The van der Waals surface area contributed by atoms with Gasteiger partial charge in [-0.25, -0.2) is 8.42 Å². The summed E-state index contributed by atoms with van der Waals surface area (Å²) in [6.07, 6.45) is 1.66. The van der Waals surface area contributed by atoms with E-state index in [4.69, 9.17) is 4.42 Å². The molecule has 0 spiro atoms. The van der Waals surface area contributed by atoms with Gasteiger partial charge in [-0.3, -0.25) is 9.59 Å². The molecule has 1 fully saturated rings. The zero-order valence-electron chi connectivity index (χ0n) is 20.8. The van der Waals surface area contributed by atoms with Crippen molar-refractivity contribution in [3.8, 4) is 0 Å². The first kappa shape index (κ1) is 24.9. The van der Waals surface area contributed by atoms with Crippen molar-refractivity contribution in [1.82, 2.24) is 13.8 Å². The lowest BCUT2D eigenvalue weighted by Gasteiger charge is -2.34. The Morgan fingerprint density at radius 2 is 1.46 bits per heavy atom. The summed E-state index contributed by atoms with van der Waals surface area (Å²) in [5, 5.41) is 0. The molecule has 0 atom stereocenters. The Hall–Kier alpha value is -3.17. The van der Waals surface area contributed by atoms with Crippen LogP contribution in [0.15, 0.2) is 50.6 Å². The molecule has 3 aromatic rings. The molecule has 35 heavy (non-hydrogen) atoms. The average molecular weight is 498 g/mol. The lowest BCUT2D eigenvalue weighted by Crippen LogP contribution is -2.50. The van der Waals surface area contributed by atoms with Gasteiger partial charge in [0.1, 0.15) is 5.76 Å². The van der Waals surface area contributed by atoms with Crippen molar-refractivity contribution in [2.75, 3.05) is 26.2 Å². The topological polar surface area (TPSA) is 92.8 Å². The van der Waals surface area contributed by atoms with E-state index in [1.165, 1.54) is 14.9 Å². The molecule has 9 heteroatoms. The van der Waals surface area contributed by atoms with Crippen molar-refractivity contribution in [3.05, 3.63) is 86.2 Å². The first-order valence-corrected chi connectivity index (χ1v) is 13.1. The van der Waals surface area contributed by atoms with E-state index in [1.54, 1.807) is 35.4 Å². The average Bonchev–Trinajstić information content (AvgIpc) is 3.31. The highest BCUT2D eigenvalue weighted by molar-refractivity contribution is 7.89. The fraction of sp³-hybridized carbons (Fsp3) is 0.385. The molecule has 0 saturated carbocycles. The molecule has 1 aliphatic heterocycles. The molecular formula is C26H31N3O5S. The molecule has 1 aliphatic rings. The molecule has 186 valence electrons. The molecule has 1 aromatic carbocycles. The number of carbonyl (C=O) groups is 1. The number of nitrogens with zero attached hydrogens (tertiary/aromatic N) is 3. The molecule has 1 saturated heterocycles. The first-order chi connectivity index (χ1) is 16.5. The van der Waals surface area contributed by atoms with Gasteiger partial charge in [0.25, 0.3) is 11.5 Å². The summed E-state index contributed by atoms with van der Waals surface area (Å²) in [6, 6.07) is 8.16. The van der Waals surface area contributed by atoms with Crippen molar-refractivity contribution in [3.63, 3.8) is 0 Å². The molecule has 1 amide bonds. The second kappa shape index (κ2) is 9.47. The van der Waals surface area contributed by atoms with Crippen molar-refractivity contribution < 1.29 is 17.6 Å². The minimum Gasteiger partial charge on any atom is -0.454 e. The second-order valence-electron chi connectivity index (χ2n) is 9.08. The van der Waals surface area contributed by atoms with Crippen molar-refractivity contribution in [2.45, 2.75) is 46.1 Å². The molecular weight excluding hydrogens is 466 g/mol. The quantitative estimate of drug-likeness (QED) is 0.540. The van der Waals surface area contributed by atoms with E-state index < -0.39 is 10.0 Å². The van der Waals surface area contributed by atoms with E-state index in [0.29, 0.717) is 10.7 Å². The van der Waals surface area contributed by atoms with Crippen molar-refractivity contribution in [1.29, 1.82) is 0 Å². The lowest BCUT2D eigenvalue weighted by atomic mass is 9.95. The van der Waals surface area contributed by atoms with Crippen molar-refractivity contribution in [2.24, 2.45) is 0 Å². The Bertz CT molecular complexity index is 1410. The van der Waals surface area contributed by atoms with Crippen LogP contribution in [0, 0.1) is 34.6 Å². The van der Waals surface area contributed by atoms with Gasteiger partial charge in [-0.15, -0.1) is 0 Å². The van der Waals surface area contributed by atoms with E-state index in [9.17, 15) is 18.0 Å². The van der Waals surface area contributed by atoms with E-state index in [0.717, 1.165) is 27.8 Å². The molecule has 8 nitrogen and oxygen atoms in total. The maximum atomic E-state index is 13.6. The number of furan rings is 1. The number of amides is 1. The number of sulfonamides is 1. The largest absolute Gasteiger partial charge is 0.454 e.